The molecular formula is C13H23F2NO2. The highest BCUT2D eigenvalue weighted by Crippen LogP contribution is 2.36. The number of halogens is 2. The fourth-order valence-electron chi connectivity index (χ4n) is 2.71. The molecule has 0 saturated heterocycles. The summed E-state index contributed by atoms with van der Waals surface area (Å²) in [7, 11) is 0. The Morgan fingerprint density at radius 1 is 1.50 bits per heavy atom. The second-order valence-electron chi connectivity index (χ2n) is 5.80. The summed E-state index contributed by atoms with van der Waals surface area (Å²) in [5.74, 6) is -3.19. The van der Waals surface area contributed by atoms with Crippen LogP contribution in [0.4, 0.5) is 8.78 Å². The Bertz CT molecular complexity index is 282. The Balaban J connectivity index is 2.51. The molecule has 1 fully saturated rings. The van der Waals surface area contributed by atoms with E-state index in [1.54, 1.807) is 4.90 Å². The third-order valence-corrected chi connectivity index (χ3v) is 3.24. The van der Waals surface area contributed by atoms with E-state index in [4.69, 9.17) is 5.11 Å². The Hall–Kier alpha value is -0.710. The van der Waals surface area contributed by atoms with Crippen molar-refractivity contribution in [2.45, 2.75) is 45.5 Å². The average molecular weight is 263 g/mol. The number of hydrogen-bond acceptors (Lipinski definition) is 2. The van der Waals surface area contributed by atoms with Gasteiger partial charge in [0.1, 0.15) is 0 Å². The van der Waals surface area contributed by atoms with Gasteiger partial charge in [-0.15, -0.1) is 0 Å². The van der Waals surface area contributed by atoms with Gasteiger partial charge in [0.05, 0.1) is 6.54 Å². The monoisotopic (exact) mass is 263 g/mol. The summed E-state index contributed by atoms with van der Waals surface area (Å²) in [4.78, 5) is 12.6. The molecule has 3 nitrogen and oxygen atoms in total. The van der Waals surface area contributed by atoms with Crippen molar-refractivity contribution in [3.05, 3.63) is 0 Å². The molecule has 1 rings (SSSR count). The van der Waals surface area contributed by atoms with E-state index in [9.17, 15) is 13.6 Å². The predicted molar refractivity (Wildman–Crippen MR) is 65.8 cm³/mol. The van der Waals surface area contributed by atoms with Crippen LogP contribution in [0.25, 0.3) is 0 Å². The fraction of sp³-hybridized carbons (Fsp3) is 0.923. The maximum absolute atomic E-state index is 13.3. The van der Waals surface area contributed by atoms with Crippen molar-refractivity contribution in [1.82, 2.24) is 4.90 Å². The molecule has 0 aliphatic heterocycles. The van der Waals surface area contributed by atoms with Gasteiger partial charge < -0.3 is 5.11 Å². The van der Waals surface area contributed by atoms with Gasteiger partial charge in [-0.05, 0) is 24.7 Å². The maximum atomic E-state index is 13.3. The molecule has 0 spiro atoms. The smallest absolute Gasteiger partial charge is 0.317 e. The molecule has 1 N–H and O–H groups in total. The highest BCUT2D eigenvalue weighted by Gasteiger charge is 2.36. The van der Waals surface area contributed by atoms with Crippen LogP contribution in [-0.4, -0.2) is 41.5 Å². The molecule has 0 radical (unpaired) electrons. The number of rotatable bonds is 6. The molecule has 1 aliphatic rings. The van der Waals surface area contributed by atoms with Gasteiger partial charge in [-0.25, -0.2) is 8.78 Å². The molecule has 5 heteroatoms. The van der Waals surface area contributed by atoms with E-state index in [0.717, 1.165) is 6.42 Å². The molecule has 0 aromatic carbocycles. The van der Waals surface area contributed by atoms with Crippen molar-refractivity contribution in [1.29, 1.82) is 0 Å². The van der Waals surface area contributed by atoms with Gasteiger partial charge in [0.25, 0.3) is 0 Å². The molecule has 1 atom stereocenters. The van der Waals surface area contributed by atoms with Crippen LogP contribution in [0.2, 0.25) is 0 Å². The minimum atomic E-state index is -2.56. The van der Waals surface area contributed by atoms with Gasteiger partial charge in [0.2, 0.25) is 5.92 Å². The molecule has 0 amide bonds. The van der Waals surface area contributed by atoms with Crippen LogP contribution in [-0.2, 0) is 4.79 Å². The van der Waals surface area contributed by atoms with Crippen LogP contribution in [0.1, 0.15) is 39.5 Å². The Labute approximate surface area is 107 Å². The van der Waals surface area contributed by atoms with Gasteiger partial charge in [-0.1, -0.05) is 13.8 Å². The quantitative estimate of drug-likeness (QED) is 0.801. The fourth-order valence-corrected chi connectivity index (χ4v) is 2.71. The largest absolute Gasteiger partial charge is 0.480 e. The first kappa shape index (κ1) is 15.3. The normalized spacial score (nSPS) is 23.6. The van der Waals surface area contributed by atoms with E-state index in [1.165, 1.54) is 0 Å². The number of alkyl halides is 2. The van der Waals surface area contributed by atoms with Crippen LogP contribution in [0, 0.1) is 11.8 Å². The Morgan fingerprint density at radius 3 is 2.67 bits per heavy atom. The number of nitrogens with zero attached hydrogens (tertiary/aromatic N) is 1. The molecule has 0 heterocycles. The maximum Gasteiger partial charge on any atom is 0.317 e. The van der Waals surface area contributed by atoms with Gasteiger partial charge in [0.15, 0.2) is 0 Å². The lowest BCUT2D eigenvalue weighted by molar-refractivity contribution is -0.138. The van der Waals surface area contributed by atoms with E-state index in [0.29, 0.717) is 25.4 Å². The first-order valence-electron chi connectivity index (χ1n) is 6.60. The number of carbonyl (C=O) groups is 1. The van der Waals surface area contributed by atoms with E-state index < -0.39 is 11.9 Å². The van der Waals surface area contributed by atoms with E-state index in [-0.39, 0.29) is 25.3 Å². The SMILES string of the molecule is CC(C)CN(CC(=O)O)CC1CCCC(F)(F)C1. The molecule has 0 aromatic rings. The second-order valence-corrected chi connectivity index (χ2v) is 5.80. The van der Waals surface area contributed by atoms with Gasteiger partial charge in [-0.2, -0.15) is 0 Å². The Morgan fingerprint density at radius 2 is 2.17 bits per heavy atom. The van der Waals surface area contributed by atoms with E-state index >= 15 is 0 Å². The van der Waals surface area contributed by atoms with E-state index in [1.807, 2.05) is 13.8 Å². The summed E-state index contributed by atoms with van der Waals surface area (Å²) in [5, 5.41) is 8.84. The molecule has 1 unspecified atom stereocenters. The van der Waals surface area contributed by atoms with Crippen molar-refractivity contribution in [3.8, 4) is 0 Å². The number of carboxylic acid groups (broad SMARTS) is 1. The summed E-state index contributed by atoms with van der Waals surface area (Å²) in [6, 6.07) is 0. The number of hydrogen-bond donors (Lipinski definition) is 1. The lowest BCUT2D eigenvalue weighted by Crippen LogP contribution is -2.39. The van der Waals surface area contributed by atoms with Gasteiger partial charge in [-0.3, -0.25) is 9.69 Å². The molecule has 1 aliphatic carbocycles. The lowest BCUT2D eigenvalue weighted by Gasteiger charge is -2.33. The van der Waals surface area contributed by atoms with Crippen molar-refractivity contribution in [3.63, 3.8) is 0 Å². The summed E-state index contributed by atoms with van der Waals surface area (Å²) < 4.78 is 26.6. The van der Waals surface area contributed by atoms with E-state index in [2.05, 4.69) is 0 Å². The van der Waals surface area contributed by atoms with Crippen LogP contribution < -0.4 is 0 Å². The molecule has 1 saturated carbocycles. The summed E-state index contributed by atoms with van der Waals surface area (Å²) in [6.45, 7) is 5.07. The second kappa shape index (κ2) is 6.45. The zero-order chi connectivity index (χ0) is 13.8. The molecular weight excluding hydrogens is 240 g/mol. The molecule has 0 aromatic heterocycles. The summed E-state index contributed by atoms with van der Waals surface area (Å²) >= 11 is 0. The standard InChI is InChI=1S/C13H23F2NO2/c1-10(2)7-16(9-12(17)18)8-11-4-3-5-13(14,15)6-11/h10-11H,3-9H2,1-2H3,(H,17,18). The summed E-state index contributed by atoms with van der Waals surface area (Å²) in [6.07, 6.45) is 1.21. The van der Waals surface area contributed by atoms with Gasteiger partial charge in [0, 0.05) is 25.9 Å². The molecule has 106 valence electrons. The third-order valence-electron chi connectivity index (χ3n) is 3.24. The van der Waals surface area contributed by atoms with Crippen LogP contribution >= 0.6 is 0 Å². The number of carboxylic acids is 1. The van der Waals surface area contributed by atoms with Crippen molar-refractivity contribution in [2.75, 3.05) is 19.6 Å². The molecule has 0 bridgehead atoms. The minimum absolute atomic E-state index is 0.0212. The topological polar surface area (TPSA) is 40.5 Å². The lowest BCUT2D eigenvalue weighted by atomic mass is 9.86. The zero-order valence-corrected chi connectivity index (χ0v) is 11.2. The third kappa shape index (κ3) is 5.76. The molecule has 18 heavy (non-hydrogen) atoms. The first-order chi connectivity index (χ1) is 8.28. The van der Waals surface area contributed by atoms with Gasteiger partial charge >= 0.3 is 5.97 Å². The highest BCUT2D eigenvalue weighted by atomic mass is 19.3. The zero-order valence-electron chi connectivity index (χ0n) is 11.2. The van der Waals surface area contributed by atoms with Crippen LogP contribution in [0.5, 0.6) is 0 Å². The average Bonchev–Trinajstić information content (AvgIpc) is 2.12. The van der Waals surface area contributed by atoms with Crippen molar-refractivity contribution >= 4 is 5.97 Å². The summed E-state index contributed by atoms with van der Waals surface area (Å²) in [5.41, 5.74) is 0. The predicted octanol–water partition coefficient (Wildman–Crippen LogP) is 2.85. The number of aliphatic carboxylic acids is 1. The van der Waals surface area contributed by atoms with Crippen LogP contribution in [0.3, 0.4) is 0 Å². The van der Waals surface area contributed by atoms with Crippen molar-refractivity contribution in [2.24, 2.45) is 11.8 Å². The minimum Gasteiger partial charge on any atom is -0.480 e. The first-order valence-corrected chi connectivity index (χ1v) is 6.60. The Kier molecular flexibility index (Phi) is 5.50. The van der Waals surface area contributed by atoms with Crippen LogP contribution in [0.15, 0.2) is 0 Å². The highest BCUT2D eigenvalue weighted by molar-refractivity contribution is 5.69. The van der Waals surface area contributed by atoms with Crippen molar-refractivity contribution < 1.29 is 18.7 Å².